The van der Waals surface area contributed by atoms with Gasteiger partial charge in [0, 0.05) is 30.9 Å². The molecule has 0 radical (unpaired) electrons. The molecule has 1 saturated heterocycles. The summed E-state index contributed by atoms with van der Waals surface area (Å²) in [5.74, 6) is -0.153. The number of hydrogen-bond donors (Lipinski definition) is 1. The van der Waals surface area contributed by atoms with Gasteiger partial charge in [-0.25, -0.2) is 0 Å². The van der Waals surface area contributed by atoms with Crippen LogP contribution in [0, 0.1) is 5.92 Å². The smallest absolute Gasteiger partial charge is 0.225 e. The Morgan fingerprint density at radius 1 is 1.57 bits per heavy atom. The Hall–Kier alpha value is -1.40. The Labute approximate surface area is 129 Å². The van der Waals surface area contributed by atoms with Crippen molar-refractivity contribution in [3.8, 4) is 0 Å². The fraction of sp³-hybridized carbons (Fsp3) is 0.600. The van der Waals surface area contributed by atoms with Gasteiger partial charge in [0.15, 0.2) is 0 Å². The van der Waals surface area contributed by atoms with Crippen molar-refractivity contribution in [1.29, 1.82) is 0 Å². The van der Waals surface area contributed by atoms with Crippen molar-refractivity contribution in [1.82, 2.24) is 15.1 Å². The fourth-order valence-electron chi connectivity index (χ4n) is 2.42. The maximum Gasteiger partial charge on any atom is 0.225 e. The van der Waals surface area contributed by atoms with Gasteiger partial charge in [-0.05, 0) is 32.5 Å². The van der Waals surface area contributed by atoms with Gasteiger partial charge in [0.25, 0.3) is 0 Å². The zero-order chi connectivity index (χ0) is 15.4. The van der Waals surface area contributed by atoms with Crippen LogP contribution in [0.4, 0.5) is 0 Å². The number of amides is 2. The van der Waals surface area contributed by atoms with E-state index in [1.165, 1.54) is 0 Å². The second kappa shape index (κ2) is 7.04. The van der Waals surface area contributed by atoms with E-state index in [2.05, 4.69) is 5.32 Å². The van der Waals surface area contributed by atoms with Gasteiger partial charge in [-0.15, -0.1) is 11.3 Å². The minimum atomic E-state index is -0.220. The number of nitrogens with one attached hydrogen (secondary N) is 1. The van der Waals surface area contributed by atoms with E-state index in [4.69, 9.17) is 0 Å². The molecule has 0 spiro atoms. The van der Waals surface area contributed by atoms with Crippen LogP contribution < -0.4 is 5.32 Å². The number of hydrogen-bond acceptors (Lipinski definition) is 4. The summed E-state index contributed by atoms with van der Waals surface area (Å²) in [5, 5.41) is 5.01. The third-order valence-electron chi connectivity index (χ3n) is 3.73. The number of carbonyl (C=O) groups is 2. The molecule has 1 aliphatic heterocycles. The molecule has 0 unspecified atom stereocenters. The molecule has 1 fully saturated rings. The van der Waals surface area contributed by atoms with Gasteiger partial charge in [0.05, 0.1) is 12.0 Å². The van der Waals surface area contributed by atoms with E-state index in [0.717, 1.165) is 11.4 Å². The van der Waals surface area contributed by atoms with Gasteiger partial charge >= 0.3 is 0 Å². The maximum atomic E-state index is 12.3. The minimum absolute atomic E-state index is 0.00317. The summed E-state index contributed by atoms with van der Waals surface area (Å²) in [6.45, 7) is 4.03. The van der Waals surface area contributed by atoms with Crippen molar-refractivity contribution in [2.45, 2.75) is 19.4 Å². The summed E-state index contributed by atoms with van der Waals surface area (Å²) in [7, 11) is 3.96. The first-order valence-electron chi connectivity index (χ1n) is 7.23. The molecule has 2 rings (SSSR count). The lowest BCUT2D eigenvalue weighted by Crippen LogP contribution is -2.36. The molecular weight excluding hydrogens is 286 g/mol. The van der Waals surface area contributed by atoms with Crippen molar-refractivity contribution in [2.75, 3.05) is 33.7 Å². The molecular formula is C15H23N3O2S. The number of thiophene rings is 1. The Kier molecular flexibility index (Phi) is 5.36. The Morgan fingerprint density at radius 3 is 2.95 bits per heavy atom. The van der Waals surface area contributed by atoms with Gasteiger partial charge < -0.3 is 15.1 Å². The van der Waals surface area contributed by atoms with Gasteiger partial charge in [0.1, 0.15) is 0 Å². The molecule has 1 aliphatic rings. The SMILES string of the molecule is C[C@H](NC(=O)[C@H]1CC(=O)N(CCN(C)C)C1)c1cccs1. The molecule has 2 heterocycles. The highest BCUT2D eigenvalue weighted by Crippen LogP contribution is 2.22. The maximum absolute atomic E-state index is 12.3. The van der Waals surface area contributed by atoms with Crippen LogP contribution in [0.15, 0.2) is 17.5 Å². The van der Waals surface area contributed by atoms with E-state index < -0.39 is 0 Å². The molecule has 0 bridgehead atoms. The standard InChI is InChI=1S/C15H23N3O2S/c1-11(13-5-4-8-21-13)16-15(20)12-9-14(19)18(10-12)7-6-17(2)3/h4-5,8,11-12H,6-7,9-10H2,1-3H3,(H,16,20)/t11-,12-/m0/s1. The van der Waals surface area contributed by atoms with Crippen LogP contribution in [-0.4, -0.2) is 55.3 Å². The van der Waals surface area contributed by atoms with Gasteiger partial charge in [0.2, 0.25) is 11.8 Å². The average Bonchev–Trinajstić information content (AvgIpc) is 3.05. The summed E-state index contributed by atoms with van der Waals surface area (Å²) >= 11 is 1.63. The number of carbonyl (C=O) groups excluding carboxylic acids is 2. The van der Waals surface area contributed by atoms with Crippen molar-refractivity contribution < 1.29 is 9.59 Å². The summed E-state index contributed by atoms with van der Waals surface area (Å²) in [6, 6.07) is 3.99. The van der Waals surface area contributed by atoms with Crippen molar-refractivity contribution in [3.05, 3.63) is 22.4 Å². The molecule has 2 atom stereocenters. The zero-order valence-corrected chi connectivity index (χ0v) is 13.7. The van der Waals surface area contributed by atoms with Crippen LogP contribution in [0.2, 0.25) is 0 Å². The average molecular weight is 309 g/mol. The number of likely N-dealkylation sites (tertiary alicyclic amines) is 1. The molecule has 6 heteroatoms. The van der Waals surface area contributed by atoms with Crippen molar-refractivity contribution >= 4 is 23.2 Å². The van der Waals surface area contributed by atoms with Crippen LogP contribution in [0.1, 0.15) is 24.3 Å². The van der Waals surface area contributed by atoms with E-state index in [1.54, 1.807) is 16.2 Å². The highest BCUT2D eigenvalue weighted by atomic mass is 32.1. The summed E-state index contributed by atoms with van der Waals surface area (Å²) in [4.78, 5) is 29.2. The largest absolute Gasteiger partial charge is 0.348 e. The Bertz CT molecular complexity index is 487. The van der Waals surface area contributed by atoms with Crippen molar-refractivity contribution in [3.63, 3.8) is 0 Å². The summed E-state index contributed by atoms with van der Waals surface area (Å²) < 4.78 is 0. The van der Waals surface area contributed by atoms with E-state index in [9.17, 15) is 9.59 Å². The normalized spacial score (nSPS) is 20.1. The fourth-order valence-corrected chi connectivity index (χ4v) is 3.16. The number of nitrogens with zero attached hydrogens (tertiary/aromatic N) is 2. The predicted octanol–water partition coefficient (Wildman–Crippen LogP) is 1.34. The van der Waals surface area contributed by atoms with Crippen LogP contribution in [0.3, 0.4) is 0 Å². The second-order valence-electron chi connectivity index (χ2n) is 5.79. The molecule has 1 aromatic rings. The van der Waals surface area contributed by atoms with E-state index >= 15 is 0 Å². The van der Waals surface area contributed by atoms with E-state index in [0.29, 0.717) is 19.5 Å². The monoisotopic (exact) mass is 309 g/mol. The first-order chi connectivity index (χ1) is 9.97. The molecule has 1 aromatic heterocycles. The highest BCUT2D eigenvalue weighted by molar-refractivity contribution is 7.10. The summed E-state index contributed by atoms with van der Waals surface area (Å²) in [5.41, 5.74) is 0. The second-order valence-corrected chi connectivity index (χ2v) is 6.77. The number of rotatable bonds is 6. The highest BCUT2D eigenvalue weighted by Gasteiger charge is 2.34. The zero-order valence-electron chi connectivity index (χ0n) is 12.8. The minimum Gasteiger partial charge on any atom is -0.348 e. The topological polar surface area (TPSA) is 52.7 Å². The van der Waals surface area contributed by atoms with E-state index in [-0.39, 0.29) is 23.8 Å². The third-order valence-corrected chi connectivity index (χ3v) is 4.79. The van der Waals surface area contributed by atoms with Gasteiger partial charge in [-0.2, -0.15) is 0 Å². The molecule has 5 nitrogen and oxygen atoms in total. The molecule has 0 aromatic carbocycles. The number of likely N-dealkylation sites (N-methyl/N-ethyl adjacent to an activating group) is 1. The van der Waals surface area contributed by atoms with E-state index in [1.807, 2.05) is 43.4 Å². The first kappa shape index (κ1) is 16.0. The summed E-state index contributed by atoms with van der Waals surface area (Å²) in [6.07, 6.45) is 0.330. The van der Waals surface area contributed by atoms with Crippen molar-refractivity contribution in [2.24, 2.45) is 5.92 Å². The van der Waals surface area contributed by atoms with Crippen LogP contribution >= 0.6 is 11.3 Å². The van der Waals surface area contributed by atoms with Gasteiger partial charge in [-0.1, -0.05) is 6.07 Å². The van der Waals surface area contributed by atoms with Crippen LogP contribution in [0.5, 0.6) is 0 Å². The molecule has 2 amide bonds. The lowest BCUT2D eigenvalue weighted by atomic mass is 10.1. The lowest BCUT2D eigenvalue weighted by molar-refractivity contribution is -0.129. The lowest BCUT2D eigenvalue weighted by Gasteiger charge is -2.19. The molecule has 0 aliphatic carbocycles. The van der Waals surface area contributed by atoms with Crippen LogP contribution in [0.25, 0.3) is 0 Å². The molecule has 1 N–H and O–H groups in total. The molecule has 21 heavy (non-hydrogen) atoms. The predicted molar refractivity (Wildman–Crippen MR) is 84.1 cm³/mol. The Balaban J connectivity index is 1.85. The first-order valence-corrected chi connectivity index (χ1v) is 8.11. The van der Waals surface area contributed by atoms with Crippen LogP contribution in [-0.2, 0) is 9.59 Å². The molecule has 0 saturated carbocycles. The quantitative estimate of drug-likeness (QED) is 0.863. The third kappa shape index (κ3) is 4.28. The molecule has 116 valence electrons. The van der Waals surface area contributed by atoms with Gasteiger partial charge in [-0.3, -0.25) is 9.59 Å². The Morgan fingerprint density at radius 2 is 2.33 bits per heavy atom.